The topological polar surface area (TPSA) is 43.6 Å². The molecule has 0 atom stereocenters. The zero-order chi connectivity index (χ0) is 10.3. The summed E-state index contributed by atoms with van der Waals surface area (Å²) in [5.74, 6) is 0. The summed E-state index contributed by atoms with van der Waals surface area (Å²) in [4.78, 5) is 12.2. The van der Waals surface area contributed by atoms with Crippen LogP contribution < -0.4 is 0 Å². The Labute approximate surface area is 94.5 Å². The highest BCUT2D eigenvalue weighted by molar-refractivity contribution is 9.10. The Morgan fingerprint density at radius 3 is 2.79 bits per heavy atom. The van der Waals surface area contributed by atoms with Gasteiger partial charge in [0.15, 0.2) is 10.4 Å². The Bertz CT molecular complexity index is 479. The van der Waals surface area contributed by atoms with Crippen molar-refractivity contribution in [3.63, 3.8) is 0 Å². The molecule has 0 fully saturated rings. The molecule has 0 saturated carbocycles. The molecule has 0 aliphatic carbocycles. The van der Waals surface area contributed by atoms with Gasteiger partial charge in [0.25, 0.3) is 0 Å². The van der Waals surface area contributed by atoms with Gasteiger partial charge in [-0.3, -0.25) is 0 Å². The fourth-order valence-electron chi connectivity index (χ4n) is 1.33. The molecule has 2 aromatic heterocycles. The molecule has 2 rings (SSSR count). The Morgan fingerprint density at radius 1 is 1.43 bits per heavy atom. The van der Waals surface area contributed by atoms with Crippen molar-refractivity contribution in [2.45, 2.75) is 19.9 Å². The summed E-state index contributed by atoms with van der Waals surface area (Å²) in [6.45, 7) is 4.14. The first-order valence-corrected chi connectivity index (χ1v) is 5.32. The van der Waals surface area contributed by atoms with Gasteiger partial charge in [0.2, 0.25) is 5.28 Å². The molecular formula is C8H8BrClN4. The summed E-state index contributed by atoms with van der Waals surface area (Å²) in [5.41, 5.74) is 1.50. The van der Waals surface area contributed by atoms with Crippen molar-refractivity contribution in [1.82, 2.24) is 19.5 Å². The van der Waals surface area contributed by atoms with Crippen molar-refractivity contribution in [1.29, 1.82) is 0 Å². The van der Waals surface area contributed by atoms with E-state index in [0.29, 0.717) is 11.7 Å². The minimum absolute atomic E-state index is 0.221. The lowest BCUT2D eigenvalue weighted by Gasteiger charge is -2.08. The van der Waals surface area contributed by atoms with Crippen LogP contribution in [0, 0.1) is 0 Å². The summed E-state index contributed by atoms with van der Waals surface area (Å²) in [5, 5.41) is 0.221. The minimum Gasteiger partial charge on any atom is -0.313 e. The van der Waals surface area contributed by atoms with E-state index < -0.39 is 0 Å². The highest BCUT2D eigenvalue weighted by Gasteiger charge is 2.12. The Hall–Kier alpha value is -0.680. The predicted octanol–water partition coefficient (Wildman–Crippen LogP) is 2.82. The van der Waals surface area contributed by atoms with Crippen LogP contribution in [0.25, 0.3) is 11.2 Å². The van der Waals surface area contributed by atoms with E-state index in [2.05, 4.69) is 44.7 Å². The first-order chi connectivity index (χ1) is 6.59. The van der Waals surface area contributed by atoms with E-state index in [4.69, 9.17) is 11.6 Å². The summed E-state index contributed by atoms with van der Waals surface area (Å²) in [7, 11) is 0. The van der Waals surface area contributed by atoms with Crippen LogP contribution in [-0.2, 0) is 0 Å². The molecule has 0 aliphatic rings. The van der Waals surface area contributed by atoms with Gasteiger partial charge in [-0.15, -0.1) is 0 Å². The lowest BCUT2D eigenvalue weighted by atomic mass is 10.4. The molecule has 14 heavy (non-hydrogen) atoms. The number of nitrogens with zero attached hydrogens (tertiary/aromatic N) is 4. The molecular weight excluding hydrogens is 267 g/mol. The van der Waals surface area contributed by atoms with E-state index in [1.807, 2.05) is 4.57 Å². The van der Waals surface area contributed by atoms with Crippen molar-refractivity contribution in [2.24, 2.45) is 0 Å². The maximum absolute atomic E-state index is 5.67. The van der Waals surface area contributed by atoms with Gasteiger partial charge < -0.3 is 4.57 Å². The van der Waals surface area contributed by atoms with E-state index in [0.717, 1.165) is 10.3 Å². The Morgan fingerprint density at radius 2 is 2.14 bits per heavy atom. The first-order valence-electron chi connectivity index (χ1n) is 4.15. The van der Waals surface area contributed by atoms with Crippen LogP contribution in [0.5, 0.6) is 0 Å². The van der Waals surface area contributed by atoms with E-state index in [9.17, 15) is 0 Å². The third kappa shape index (κ3) is 1.50. The van der Waals surface area contributed by atoms with Crippen LogP contribution in [0.1, 0.15) is 19.9 Å². The molecule has 0 saturated heterocycles. The molecule has 6 heteroatoms. The van der Waals surface area contributed by atoms with Crippen molar-refractivity contribution in [3.8, 4) is 0 Å². The molecule has 0 amide bonds. The van der Waals surface area contributed by atoms with Gasteiger partial charge in [-0.1, -0.05) is 0 Å². The zero-order valence-electron chi connectivity index (χ0n) is 7.70. The maximum atomic E-state index is 5.67. The molecule has 0 bridgehead atoms. The van der Waals surface area contributed by atoms with Crippen LogP contribution in [0.4, 0.5) is 0 Å². The molecule has 2 heterocycles. The normalized spacial score (nSPS) is 11.5. The number of hydrogen-bond donors (Lipinski definition) is 0. The molecule has 0 unspecified atom stereocenters. The van der Waals surface area contributed by atoms with Gasteiger partial charge in [0, 0.05) is 6.04 Å². The van der Waals surface area contributed by atoms with Gasteiger partial charge >= 0.3 is 0 Å². The van der Waals surface area contributed by atoms with E-state index >= 15 is 0 Å². The van der Waals surface area contributed by atoms with E-state index in [1.165, 1.54) is 0 Å². The van der Waals surface area contributed by atoms with Crippen LogP contribution in [0.3, 0.4) is 0 Å². The number of rotatable bonds is 1. The number of aromatic nitrogens is 4. The Kier molecular flexibility index (Phi) is 2.45. The molecule has 0 radical (unpaired) electrons. The average Bonchev–Trinajstić information content (AvgIpc) is 2.39. The molecule has 0 N–H and O–H groups in total. The smallest absolute Gasteiger partial charge is 0.224 e. The third-order valence-corrected chi connectivity index (χ3v) is 2.64. The lowest BCUT2D eigenvalue weighted by Crippen LogP contribution is -2.00. The minimum atomic E-state index is 0.221. The van der Waals surface area contributed by atoms with Gasteiger partial charge in [0.05, 0.1) is 6.20 Å². The quantitative estimate of drug-likeness (QED) is 0.594. The zero-order valence-corrected chi connectivity index (χ0v) is 10.0. The van der Waals surface area contributed by atoms with E-state index in [1.54, 1.807) is 6.20 Å². The molecule has 0 aliphatic heterocycles. The second kappa shape index (κ2) is 3.47. The molecule has 0 spiro atoms. The molecule has 4 nitrogen and oxygen atoms in total. The summed E-state index contributed by atoms with van der Waals surface area (Å²) in [6, 6.07) is 0.305. The van der Waals surface area contributed by atoms with Crippen molar-refractivity contribution in [2.75, 3.05) is 0 Å². The number of imidazole rings is 1. The Balaban J connectivity index is 2.77. The lowest BCUT2D eigenvalue weighted by molar-refractivity contribution is 0.604. The first kappa shape index (κ1) is 9.86. The highest BCUT2D eigenvalue weighted by Crippen LogP contribution is 2.23. The van der Waals surface area contributed by atoms with Crippen LogP contribution >= 0.6 is 27.5 Å². The maximum Gasteiger partial charge on any atom is 0.224 e. The van der Waals surface area contributed by atoms with E-state index in [-0.39, 0.29) is 5.28 Å². The summed E-state index contributed by atoms with van der Waals surface area (Å²) < 4.78 is 2.75. The molecule has 0 aromatic carbocycles. The number of fused-ring (bicyclic) bond motifs is 1. The standard InChI is InChI=1S/C8H8BrClN4/c1-4(2)14-5-3-11-8(10)13-6(5)12-7(14)9/h3-4H,1-2H3. The highest BCUT2D eigenvalue weighted by atomic mass is 79.9. The average molecular weight is 276 g/mol. The van der Waals surface area contributed by atoms with Gasteiger partial charge in [-0.05, 0) is 41.4 Å². The monoisotopic (exact) mass is 274 g/mol. The number of halogens is 2. The molecule has 2 aromatic rings. The van der Waals surface area contributed by atoms with Gasteiger partial charge in [0.1, 0.15) is 5.52 Å². The van der Waals surface area contributed by atoms with Gasteiger partial charge in [-0.25, -0.2) is 9.97 Å². The van der Waals surface area contributed by atoms with Crippen LogP contribution in [0.2, 0.25) is 5.28 Å². The predicted molar refractivity (Wildman–Crippen MR) is 58.4 cm³/mol. The second-order valence-electron chi connectivity index (χ2n) is 3.19. The summed E-state index contributed by atoms with van der Waals surface area (Å²) in [6.07, 6.45) is 1.68. The van der Waals surface area contributed by atoms with Crippen molar-refractivity contribution in [3.05, 3.63) is 16.2 Å². The largest absolute Gasteiger partial charge is 0.313 e. The second-order valence-corrected chi connectivity index (χ2v) is 4.24. The fraction of sp³-hybridized carbons (Fsp3) is 0.375. The number of hydrogen-bond acceptors (Lipinski definition) is 3. The van der Waals surface area contributed by atoms with Crippen LogP contribution in [-0.4, -0.2) is 19.5 Å². The van der Waals surface area contributed by atoms with Gasteiger partial charge in [-0.2, -0.15) is 4.98 Å². The SMILES string of the molecule is CC(C)n1c(Br)nc2nc(Cl)ncc21. The van der Waals surface area contributed by atoms with Crippen molar-refractivity contribution >= 4 is 38.7 Å². The molecule has 74 valence electrons. The third-order valence-electron chi connectivity index (χ3n) is 1.89. The van der Waals surface area contributed by atoms with Crippen LogP contribution in [0.15, 0.2) is 10.9 Å². The fourth-order valence-corrected chi connectivity index (χ4v) is 2.23. The van der Waals surface area contributed by atoms with Crippen molar-refractivity contribution < 1.29 is 0 Å². The summed E-state index contributed by atoms with van der Waals surface area (Å²) >= 11 is 9.05.